The fourth-order valence-corrected chi connectivity index (χ4v) is 3.41. The van der Waals surface area contributed by atoms with Crippen molar-refractivity contribution in [3.05, 3.63) is 59.1 Å². The van der Waals surface area contributed by atoms with Crippen molar-refractivity contribution >= 4 is 40.8 Å². The summed E-state index contributed by atoms with van der Waals surface area (Å²) in [4.78, 5) is 38.6. The first-order valence-corrected chi connectivity index (χ1v) is 10.5. The van der Waals surface area contributed by atoms with Gasteiger partial charge in [0, 0.05) is 29.4 Å². The van der Waals surface area contributed by atoms with Crippen molar-refractivity contribution in [2.45, 2.75) is 32.6 Å². The number of benzene rings is 2. The summed E-state index contributed by atoms with van der Waals surface area (Å²) in [6, 6.07) is 13.5. The highest BCUT2D eigenvalue weighted by Crippen LogP contribution is 2.27. The van der Waals surface area contributed by atoms with Gasteiger partial charge in [-0.1, -0.05) is 31.4 Å². The topological polar surface area (TPSA) is 75.7 Å². The molecule has 1 saturated heterocycles. The van der Waals surface area contributed by atoms with E-state index in [0.29, 0.717) is 29.4 Å². The Bertz CT molecular complexity index is 896. The van der Waals surface area contributed by atoms with Gasteiger partial charge in [-0.05, 0) is 55.0 Å². The number of carbonyl (C=O) groups excluding carboxylic acids is 3. The molecule has 0 radical (unpaired) electrons. The van der Waals surface area contributed by atoms with Crippen LogP contribution >= 0.6 is 11.6 Å². The van der Waals surface area contributed by atoms with Crippen LogP contribution in [0.15, 0.2) is 48.5 Å². The number of nitrogens with zero attached hydrogens (tertiary/aromatic N) is 1. The highest BCUT2D eigenvalue weighted by molar-refractivity contribution is 6.30. The molecule has 1 aliphatic heterocycles. The van der Waals surface area contributed by atoms with Crippen LogP contribution < -0.4 is 10.2 Å². The summed E-state index contributed by atoms with van der Waals surface area (Å²) in [6.07, 6.45) is 3.09. The van der Waals surface area contributed by atoms with Crippen molar-refractivity contribution in [2.24, 2.45) is 5.92 Å². The predicted molar refractivity (Wildman–Crippen MR) is 117 cm³/mol. The van der Waals surface area contributed by atoms with Crippen LogP contribution in [0, 0.1) is 5.92 Å². The molecule has 1 aliphatic rings. The number of amides is 2. The molecule has 0 spiro atoms. The smallest absolute Gasteiger partial charge is 0.338 e. The molecule has 2 amide bonds. The van der Waals surface area contributed by atoms with E-state index in [1.54, 1.807) is 53.4 Å². The minimum atomic E-state index is -0.448. The quantitative estimate of drug-likeness (QED) is 0.489. The normalized spacial score (nSPS) is 15.9. The van der Waals surface area contributed by atoms with Crippen LogP contribution in [0.1, 0.15) is 43.0 Å². The summed E-state index contributed by atoms with van der Waals surface area (Å²) >= 11 is 5.90. The van der Waals surface area contributed by atoms with Gasteiger partial charge >= 0.3 is 5.97 Å². The van der Waals surface area contributed by atoms with Gasteiger partial charge in [0.05, 0.1) is 18.1 Å². The second kappa shape index (κ2) is 10.3. The van der Waals surface area contributed by atoms with Crippen LogP contribution in [0.5, 0.6) is 0 Å². The van der Waals surface area contributed by atoms with Crippen LogP contribution in [0.25, 0.3) is 0 Å². The monoisotopic (exact) mass is 428 g/mol. The third kappa shape index (κ3) is 5.60. The van der Waals surface area contributed by atoms with Crippen LogP contribution in [0.3, 0.4) is 0 Å². The maximum Gasteiger partial charge on any atom is 0.338 e. The number of halogens is 1. The average Bonchev–Trinajstić information content (AvgIpc) is 3.14. The van der Waals surface area contributed by atoms with Gasteiger partial charge in [-0.3, -0.25) is 9.59 Å². The zero-order valence-corrected chi connectivity index (χ0v) is 17.7. The SMILES string of the molecule is CCCCCOC(=O)c1ccc(NC(=O)[C@H]2CC(=O)N(c3ccc(Cl)cc3)C2)cc1. The molecule has 1 N–H and O–H groups in total. The van der Waals surface area contributed by atoms with Crippen LogP contribution in [0.4, 0.5) is 11.4 Å². The number of hydrogen-bond acceptors (Lipinski definition) is 4. The molecule has 1 atom stereocenters. The number of esters is 1. The van der Waals surface area contributed by atoms with Crippen molar-refractivity contribution in [1.82, 2.24) is 0 Å². The fourth-order valence-electron chi connectivity index (χ4n) is 3.29. The van der Waals surface area contributed by atoms with Gasteiger partial charge < -0.3 is 15.0 Å². The minimum Gasteiger partial charge on any atom is -0.462 e. The van der Waals surface area contributed by atoms with E-state index in [1.165, 1.54) is 0 Å². The van der Waals surface area contributed by atoms with Gasteiger partial charge in [-0.15, -0.1) is 0 Å². The number of carbonyl (C=O) groups is 3. The lowest BCUT2D eigenvalue weighted by Gasteiger charge is -2.16. The molecule has 0 aliphatic carbocycles. The van der Waals surface area contributed by atoms with E-state index in [9.17, 15) is 14.4 Å². The highest BCUT2D eigenvalue weighted by atomic mass is 35.5. The zero-order chi connectivity index (χ0) is 21.5. The van der Waals surface area contributed by atoms with Crippen molar-refractivity contribution in [2.75, 3.05) is 23.4 Å². The average molecular weight is 429 g/mol. The summed E-state index contributed by atoms with van der Waals surface area (Å²) in [7, 11) is 0. The molecule has 158 valence electrons. The van der Waals surface area contributed by atoms with Gasteiger partial charge in [0.1, 0.15) is 0 Å². The largest absolute Gasteiger partial charge is 0.462 e. The predicted octanol–water partition coefficient (Wildman–Crippen LogP) is 4.68. The maximum atomic E-state index is 12.6. The lowest BCUT2D eigenvalue weighted by molar-refractivity contribution is -0.122. The standard InChI is InChI=1S/C23H25ClN2O4/c1-2-3-4-13-30-23(29)16-5-9-19(10-6-16)25-22(28)17-14-21(27)26(15-17)20-11-7-18(24)8-12-20/h5-12,17H,2-4,13-15H2,1H3,(H,25,28)/t17-/m0/s1. The summed E-state index contributed by atoms with van der Waals surface area (Å²) in [5.74, 6) is -1.14. The van der Waals surface area contributed by atoms with Gasteiger partial charge in [0.2, 0.25) is 11.8 Å². The van der Waals surface area contributed by atoms with Gasteiger partial charge in [0.25, 0.3) is 0 Å². The number of unbranched alkanes of at least 4 members (excludes halogenated alkanes) is 2. The molecule has 0 saturated carbocycles. The van der Waals surface area contributed by atoms with Gasteiger partial charge in [0.15, 0.2) is 0 Å². The Morgan fingerprint density at radius 2 is 1.80 bits per heavy atom. The second-order valence-electron chi connectivity index (χ2n) is 7.29. The Labute approximate surface area is 181 Å². The second-order valence-corrected chi connectivity index (χ2v) is 7.73. The first-order valence-electron chi connectivity index (χ1n) is 10.1. The molecule has 2 aromatic carbocycles. The minimum absolute atomic E-state index is 0.0985. The number of anilines is 2. The number of rotatable bonds is 8. The molecule has 6 nitrogen and oxygen atoms in total. The lowest BCUT2D eigenvalue weighted by Crippen LogP contribution is -2.28. The Morgan fingerprint density at radius 3 is 2.47 bits per heavy atom. The number of hydrogen-bond donors (Lipinski definition) is 1. The van der Waals surface area contributed by atoms with E-state index in [-0.39, 0.29) is 24.2 Å². The molecule has 2 aromatic rings. The Morgan fingerprint density at radius 1 is 1.10 bits per heavy atom. The van der Waals surface area contributed by atoms with Crippen LogP contribution in [0.2, 0.25) is 5.02 Å². The molecule has 0 unspecified atom stereocenters. The first-order chi connectivity index (χ1) is 14.5. The molecule has 7 heteroatoms. The van der Waals surface area contributed by atoms with Crippen molar-refractivity contribution in [3.63, 3.8) is 0 Å². The zero-order valence-electron chi connectivity index (χ0n) is 16.9. The number of ether oxygens (including phenoxy) is 1. The molecule has 0 bridgehead atoms. The van der Waals surface area contributed by atoms with E-state index in [1.807, 2.05) is 0 Å². The highest BCUT2D eigenvalue weighted by Gasteiger charge is 2.35. The van der Waals surface area contributed by atoms with Crippen LogP contribution in [-0.4, -0.2) is 30.9 Å². The molecular weight excluding hydrogens is 404 g/mol. The third-order valence-electron chi connectivity index (χ3n) is 5.00. The summed E-state index contributed by atoms with van der Waals surface area (Å²) in [5, 5.41) is 3.41. The van der Waals surface area contributed by atoms with E-state index >= 15 is 0 Å². The molecule has 1 fully saturated rings. The fraction of sp³-hybridized carbons (Fsp3) is 0.348. The molecule has 0 aromatic heterocycles. The first kappa shape index (κ1) is 21.8. The summed E-state index contributed by atoms with van der Waals surface area (Å²) < 4.78 is 5.23. The maximum absolute atomic E-state index is 12.6. The van der Waals surface area contributed by atoms with Crippen LogP contribution in [-0.2, 0) is 14.3 Å². The molecule has 30 heavy (non-hydrogen) atoms. The van der Waals surface area contributed by atoms with E-state index in [0.717, 1.165) is 24.9 Å². The third-order valence-corrected chi connectivity index (χ3v) is 5.26. The Hall–Kier alpha value is -2.86. The summed E-state index contributed by atoms with van der Waals surface area (Å²) in [5.41, 5.74) is 1.73. The van der Waals surface area contributed by atoms with Gasteiger partial charge in [-0.2, -0.15) is 0 Å². The van der Waals surface area contributed by atoms with Crippen molar-refractivity contribution in [3.8, 4) is 0 Å². The van der Waals surface area contributed by atoms with E-state index < -0.39 is 5.92 Å². The Kier molecular flexibility index (Phi) is 7.46. The molecule has 3 rings (SSSR count). The Balaban J connectivity index is 1.54. The van der Waals surface area contributed by atoms with Gasteiger partial charge in [-0.25, -0.2) is 4.79 Å². The lowest BCUT2D eigenvalue weighted by atomic mass is 10.1. The van der Waals surface area contributed by atoms with E-state index in [2.05, 4.69) is 12.2 Å². The summed E-state index contributed by atoms with van der Waals surface area (Å²) in [6.45, 7) is 2.81. The van der Waals surface area contributed by atoms with Crippen molar-refractivity contribution < 1.29 is 19.1 Å². The molecular formula is C23H25ClN2O4. The van der Waals surface area contributed by atoms with E-state index in [4.69, 9.17) is 16.3 Å². The van der Waals surface area contributed by atoms with Crippen molar-refractivity contribution in [1.29, 1.82) is 0 Å². The number of nitrogens with one attached hydrogen (secondary N) is 1. The molecule has 1 heterocycles.